The molecule has 5 nitrogen and oxygen atoms in total. The topological polar surface area (TPSA) is 71.1 Å². The number of hydrogen-bond acceptors (Lipinski definition) is 5. The summed E-state index contributed by atoms with van der Waals surface area (Å²) in [7, 11) is 0. The molecule has 0 aliphatic rings. The Morgan fingerprint density at radius 3 is 1.74 bits per heavy atom. The van der Waals surface area contributed by atoms with E-state index in [-0.39, 0.29) is 11.7 Å². The minimum absolute atomic E-state index is 0.242. The predicted octanol–water partition coefficient (Wildman–Crippen LogP) is 3.62. The van der Waals surface area contributed by atoms with Crippen LogP contribution in [0, 0.1) is 0 Å². The van der Waals surface area contributed by atoms with Gasteiger partial charge >= 0.3 is 0 Å². The standard InChI is InChI=1S/C22H17N3O2/c26-21-19(24-17-11-13-23-14-12-17)20(22(21)27)25-18(15-7-3-1-4-8-15)16-9-5-2-6-10-16/h1-14,18,25H,(H,23,24). The lowest BCUT2D eigenvalue weighted by Gasteiger charge is -2.23. The highest BCUT2D eigenvalue weighted by atomic mass is 16.2. The van der Waals surface area contributed by atoms with Gasteiger partial charge in [-0.2, -0.15) is 0 Å². The SMILES string of the molecule is O=c1c(Nc2ccncc2)c(NC(c2ccccc2)c2ccccc2)c1=O. The first-order valence-corrected chi connectivity index (χ1v) is 8.61. The van der Waals surface area contributed by atoms with Crippen LogP contribution in [0.4, 0.5) is 17.1 Å². The van der Waals surface area contributed by atoms with Crippen LogP contribution < -0.4 is 21.5 Å². The first-order chi connectivity index (χ1) is 13.2. The zero-order valence-electron chi connectivity index (χ0n) is 14.4. The highest BCUT2D eigenvalue weighted by Gasteiger charge is 2.25. The number of nitrogens with zero attached hydrogens (tertiary/aromatic N) is 1. The van der Waals surface area contributed by atoms with E-state index in [1.54, 1.807) is 24.5 Å². The van der Waals surface area contributed by atoms with Crippen LogP contribution in [0.2, 0.25) is 0 Å². The zero-order valence-corrected chi connectivity index (χ0v) is 14.4. The lowest BCUT2D eigenvalue weighted by molar-refractivity contribution is 0.933. The summed E-state index contributed by atoms with van der Waals surface area (Å²) >= 11 is 0. The number of hydrogen-bond donors (Lipinski definition) is 2. The van der Waals surface area contributed by atoms with Crippen LogP contribution in [0.3, 0.4) is 0 Å². The van der Waals surface area contributed by atoms with Crippen molar-refractivity contribution in [1.82, 2.24) is 4.98 Å². The lowest BCUT2D eigenvalue weighted by Crippen LogP contribution is -2.37. The number of anilines is 3. The van der Waals surface area contributed by atoms with Gasteiger partial charge in [-0.05, 0) is 23.3 Å². The Hall–Kier alpha value is -3.73. The molecule has 132 valence electrons. The molecule has 0 aliphatic heterocycles. The molecular formula is C22H17N3O2. The van der Waals surface area contributed by atoms with E-state index in [4.69, 9.17) is 0 Å². The lowest BCUT2D eigenvalue weighted by atomic mass is 9.97. The summed E-state index contributed by atoms with van der Waals surface area (Å²) in [6.45, 7) is 0. The van der Waals surface area contributed by atoms with Gasteiger partial charge in [-0.15, -0.1) is 0 Å². The van der Waals surface area contributed by atoms with Gasteiger partial charge in [-0.1, -0.05) is 60.7 Å². The second-order valence-corrected chi connectivity index (χ2v) is 6.17. The summed E-state index contributed by atoms with van der Waals surface area (Å²) in [6.07, 6.45) is 3.25. The van der Waals surface area contributed by atoms with Crippen molar-refractivity contribution in [1.29, 1.82) is 0 Å². The molecule has 0 spiro atoms. The van der Waals surface area contributed by atoms with Gasteiger partial charge in [0.05, 0.1) is 6.04 Å². The van der Waals surface area contributed by atoms with Gasteiger partial charge in [0.15, 0.2) is 0 Å². The first-order valence-electron chi connectivity index (χ1n) is 8.61. The molecule has 0 aliphatic carbocycles. The molecule has 4 rings (SSSR count). The van der Waals surface area contributed by atoms with Crippen LogP contribution in [-0.2, 0) is 0 Å². The number of rotatable bonds is 6. The van der Waals surface area contributed by atoms with Crippen molar-refractivity contribution in [3.8, 4) is 0 Å². The van der Waals surface area contributed by atoms with Crippen LogP contribution >= 0.6 is 0 Å². The van der Waals surface area contributed by atoms with Crippen LogP contribution in [0.1, 0.15) is 17.2 Å². The third-order valence-electron chi connectivity index (χ3n) is 4.41. The largest absolute Gasteiger partial charge is 0.369 e. The fourth-order valence-corrected chi connectivity index (χ4v) is 3.02. The molecule has 0 amide bonds. The van der Waals surface area contributed by atoms with Crippen LogP contribution in [0.5, 0.6) is 0 Å². The van der Waals surface area contributed by atoms with Crippen molar-refractivity contribution in [2.75, 3.05) is 10.6 Å². The van der Waals surface area contributed by atoms with E-state index in [0.29, 0.717) is 11.4 Å². The Labute approximate surface area is 156 Å². The minimum Gasteiger partial charge on any atom is -0.369 e. The summed E-state index contributed by atoms with van der Waals surface area (Å²) in [4.78, 5) is 28.3. The maximum absolute atomic E-state index is 12.2. The predicted molar refractivity (Wildman–Crippen MR) is 107 cm³/mol. The molecule has 3 aromatic carbocycles. The summed E-state index contributed by atoms with van der Waals surface area (Å²) in [6, 6.07) is 22.9. The van der Waals surface area contributed by atoms with Gasteiger partial charge in [0.1, 0.15) is 11.4 Å². The molecule has 0 saturated carbocycles. The van der Waals surface area contributed by atoms with Crippen molar-refractivity contribution in [3.05, 3.63) is 117 Å². The molecule has 0 bridgehead atoms. The number of nitrogens with one attached hydrogen (secondary N) is 2. The quantitative estimate of drug-likeness (QED) is 0.517. The fraction of sp³-hybridized carbons (Fsp3) is 0.0455. The van der Waals surface area contributed by atoms with E-state index < -0.39 is 10.9 Å². The maximum atomic E-state index is 12.2. The number of pyridine rings is 1. The Bertz CT molecular complexity index is 1060. The summed E-state index contributed by atoms with van der Waals surface area (Å²) in [5, 5.41) is 6.29. The zero-order chi connectivity index (χ0) is 18.6. The Kier molecular flexibility index (Phi) is 4.49. The second kappa shape index (κ2) is 7.25. The average Bonchev–Trinajstić information content (AvgIpc) is 2.75. The molecule has 1 heterocycles. The summed E-state index contributed by atoms with van der Waals surface area (Å²) in [5.41, 5.74) is 2.27. The van der Waals surface area contributed by atoms with E-state index in [1.807, 2.05) is 60.7 Å². The van der Waals surface area contributed by atoms with Gasteiger partial charge in [-0.3, -0.25) is 14.6 Å². The van der Waals surface area contributed by atoms with Crippen molar-refractivity contribution < 1.29 is 0 Å². The molecule has 2 N–H and O–H groups in total. The highest BCUT2D eigenvalue weighted by Crippen LogP contribution is 2.29. The summed E-state index contributed by atoms with van der Waals surface area (Å²) < 4.78 is 0. The molecule has 0 unspecified atom stereocenters. The second-order valence-electron chi connectivity index (χ2n) is 6.17. The van der Waals surface area contributed by atoms with Gasteiger partial charge < -0.3 is 10.6 Å². The normalized spacial score (nSPS) is 10.9. The number of benzene rings is 2. The van der Waals surface area contributed by atoms with Crippen molar-refractivity contribution >= 4 is 17.1 Å². The third-order valence-corrected chi connectivity index (χ3v) is 4.41. The fourth-order valence-electron chi connectivity index (χ4n) is 3.02. The molecule has 0 saturated heterocycles. The maximum Gasteiger partial charge on any atom is 0.253 e. The molecule has 1 aromatic heterocycles. The molecule has 5 heteroatoms. The number of aromatic nitrogens is 1. The van der Waals surface area contributed by atoms with Crippen LogP contribution in [0.25, 0.3) is 0 Å². The van der Waals surface area contributed by atoms with Gasteiger partial charge in [0.25, 0.3) is 10.9 Å². The van der Waals surface area contributed by atoms with Crippen LogP contribution in [0.15, 0.2) is 94.8 Å². The Morgan fingerprint density at radius 2 is 1.19 bits per heavy atom. The van der Waals surface area contributed by atoms with E-state index >= 15 is 0 Å². The average molecular weight is 355 g/mol. The van der Waals surface area contributed by atoms with E-state index in [9.17, 15) is 9.59 Å². The molecule has 27 heavy (non-hydrogen) atoms. The Morgan fingerprint density at radius 1 is 0.667 bits per heavy atom. The van der Waals surface area contributed by atoms with E-state index in [0.717, 1.165) is 11.1 Å². The Balaban J connectivity index is 1.70. The summed E-state index contributed by atoms with van der Waals surface area (Å²) in [5.74, 6) is 0. The van der Waals surface area contributed by atoms with Gasteiger partial charge in [-0.25, -0.2) is 0 Å². The molecule has 0 atom stereocenters. The first kappa shape index (κ1) is 16.7. The monoisotopic (exact) mass is 355 g/mol. The highest BCUT2D eigenvalue weighted by molar-refractivity contribution is 5.79. The van der Waals surface area contributed by atoms with Crippen molar-refractivity contribution in [2.24, 2.45) is 0 Å². The molecule has 4 aromatic rings. The minimum atomic E-state index is -0.519. The molecule has 0 fully saturated rings. The van der Waals surface area contributed by atoms with E-state index in [2.05, 4.69) is 15.6 Å². The molecule has 0 radical (unpaired) electrons. The smallest absolute Gasteiger partial charge is 0.253 e. The van der Waals surface area contributed by atoms with Crippen LogP contribution in [-0.4, -0.2) is 4.98 Å². The molecular weight excluding hydrogens is 338 g/mol. The van der Waals surface area contributed by atoms with Crippen molar-refractivity contribution in [3.63, 3.8) is 0 Å². The van der Waals surface area contributed by atoms with Crippen molar-refractivity contribution in [2.45, 2.75) is 6.04 Å². The third kappa shape index (κ3) is 3.35. The van der Waals surface area contributed by atoms with Gasteiger partial charge in [0, 0.05) is 18.1 Å². The van der Waals surface area contributed by atoms with E-state index in [1.165, 1.54) is 0 Å². The van der Waals surface area contributed by atoms with Gasteiger partial charge in [0.2, 0.25) is 0 Å².